The van der Waals surface area contributed by atoms with Crippen LogP contribution in [0, 0.1) is 0 Å². The summed E-state index contributed by atoms with van der Waals surface area (Å²) in [5.41, 5.74) is 0.405. The molecule has 0 aromatic heterocycles. The molecule has 0 saturated carbocycles. The lowest BCUT2D eigenvalue weighted by atomic mass is 10.1. The monoisotopic (exact) mass is 443 g/mol. The van der Waals surface area contributed by atoms with Gasteiger partial charge >= 0.3 is 0 Å². The maximum atomic E-state index is 12.9. The van der Waals surface area contributed by atoms with Gasteiger partial charge in [-0.3, -0.25) is 9.59 Å². The molecule has 2 fully saturated rings. The van der Waals surface area contributed by atoms with Gasteiger partial charge < -0.3 is 15.0 Å². The number of halogens is 1. The minimum absolute atomic E-state index is 0.137. The Morgan fingerprint density at radius 3 is 2.55 bits per heavy atom. The van der Waals surface area contributed by atoms with Crippen LogP contribution in [0.25, 0.3) is 0 Å². The molecule has 2 aliphatic heterocycles. The average Bonchev–Trinajstić information content (AvgIpc) is 2.68. The minimum Gasteiger partial charge on any atom is -0.489 e. The Bertz CT molecular complexity index is 884. The molecule has 8 nitrogen and oxygen atoms in total. The van der Waals surface area contributed by atoms with Crippen LogP contribution >= 0.6 is 11.6 Å². The van der Waals surface area contributed by atoms with Gasteiger partial charge in [-0.05, 0) is 37.5 Å². The van der Waals surface area contributed by atoms with Crippen LogP contribution in [0.15, 0.2) is 18.2 Å². The number of piperazine rings is 1. The zero-order chi connectivity index (χ0) is 21.2. The lowest BCUT2D eigenvalue weighted by Crippen LogP contribution is -2.56. The fourth-order valence-corrected chi connectivity index (χ4v) is 4.82. The normalized spacial score (nSPS) is 21.7. The van der Waals surface area contributed by atoms with E-state index in [2.05, 4.69) is 5.32 Å². The molecular weight excluding hydrogens is 418 g/mol. The largest absolute Gasteiger partial charge is 0.489 e. The van der Waals surface area contributed by atoms with Crippen LogP contribution in [0.5, 0.6) is 5.75 Å². The number of carbonyl (C=O) groups is 2. The number of hydrogen-bond acceptors (Lipinski definition) is 5. The van der Waals surface area contributed by atoms with Crippen molar-refractivity contribution in [3.8, 4) is 5.75 Å². The molecule has 29 heavy (non-hydrogen) atoms. The first-order valence-corrected chi connectivity index (χ1v) is 11.9. The Kier molecular flexibility index (Phi) is 6.70. The predicted molar refractivity (Wildman–Crippen MR) is 110 cm³/mol. The van der Waals surface area contributed by atoms with Crippen LogP contribution in [0.2, 0.25) is 5.02 Å². The molecule has 2 saturated heterocycles. The number of hydrogen-bond donors (Lipinski definition) is 1. The summed E-state index contributed by atoms with van der Waals surface area (Å²) in [7, 11) is -3.19. The number of piperidine rings is 1. The SMILES string of the molecule is CC[C@H]1C(=O)NCCN1C(=O)c1ccc(OC2CCN(S(C)(=O)=O)CC2)c(Cl)c1. The van der Waals surface area contributed by atoms with E-state index < -0.39 is 16.1 Å². The topological polar surface area (TPSA) is 96.0 Å². The van der Waals surface area contributed by atoms with E-state index >= 15 is 0 Å². The standard InChI is InChI=1S/C19H26ClN3O5S/c1-3-16-18(24)21-8-11-23(16)19(25)13-4-5-17(15(20)12-13)28-14-6-9-22(10-7-14)29(2,26)27/h4-5,12,14,16H,3,6-11H2,1-2H3,(H,21,24)/t16-/m0/s1. The third-order valence-electron chi connectivity index (χ3n) is 5.32. The van der Waals surface area contributed by atoms with Gasteiger partial charge in [0.1, 0.15) is 17.9 Å². The lowest BCUT2D eigenvalue weighted by Gasteiger charge is -2.34. The van der Waals surface area contributed by atoms with Gasteiger partial charge in [-0.1, -0.05) is 18.5 Å². The zero-order valence-electron chi connectivity index (χ0n) is 16.6. The molecule has 0 radical (unpaired) electrons. The van der Waals surface area contributed by atoms with Gasteiger partial charge in [0.15, 0.2) is 0 Å². The molecule has 2 aliphatic rings. The molecule has 2 amide bonds. The third kappa shape index (κ3) is 5.02. The van der Waals surface area contributed by atoms with E-state index in [1.54, 1.807) is 23.1 Å². The highest BCUT2D eigenvalue weighted by Crippen LogP contribution is 2.29. The fourth-order valence-electron chi connectivity index (χ4n) is 3.72. The lowest BCUT2D eigenvalue weighted by molar-refractivity contribution is -0.127. The average molecular weight is 444 g/mol. The summed E-state index contributed by atoms with van der Waals surface area (Å²) in [5, 5.41) is 3.09. The summed E-state index contributed by atoms with van der Waals surface area (Å²) in [4.78, 5) is 26.5. The van der Waals surface area contributed by atoms with E-state index in [-0.39, 0.29) is 17.9 Å². The molecule has 2 heterocycles. The van der Waals surface area contributed by atoms with Crippen LogP contribution in [0.3, 0.4) is 0 Å². The summed E-state index contributed by atoms with van der Waals surface area (Å²) in [6, 6.07) is 4.38. The van der Waals surface area contributed by atoms with Crippen LogP contribution < -0.4 is 10.1 Å². The molecule has 0 bridgehead atoms. The van der Waals surface area contributed by atoms with Crippen molar-refractivity contribution in [1.29, 1.82) is 0 Å². The molecule has 1 aromatic carbocycles. The van der Waals surface area contributed by atoms with Crippen molar-refractivity contribution in [3.63, 3.8) is 0 Å². The summed E-state index contributed by atoms with van der Waals surface area (Å²) in [6.45, 7) is 3.58. The van der Waals surface area contributed by atoms with Gasteiger partial charge in [0.25, 0.3) is 5.91 Å². The predicted octanol–water partition coefficient (Wildman–Crippen LogP) is 1.49. The molecule has 10 heteroatoms. The number of sulfonamides is 1. The van der Waals surface area contributed by atoms with Crippen LogP contribution in [0.1, 0.15) is 36.5 Å². The van der Waals surface area contributed by atoms with Gasteiger partial charge in [-0.2, -0.15) is 0 Å². The van der Waals surface area contributed by atoms with Crippen molar-refractivity contribution in [2.24, 2.45) is 0 Å². The van der Waals surface area contributed by atoms with Crippen LogP contribution in [-0.4, -0.2) is 74.0 Å². The zero-order valence-corrected chi connectivity index (χ0v) is 18.1. The number of benzene rings is 1. The Labute approximate surface area is 176 Å². The molecule has 0 aliphatic carbocycles. The van der Waals surface area contributed by atoms with Crippen LogP contribution in [-0.2, 0) is 14.8 Å². The van der Waals surface area contributed by atoms with Crippen molar-refractivity contribution < 1.29 is 22.7 Å². The molecule has 1 aromatic rings. The summed E-state index contributed by atoms with van der Waals surface area (Å²) >= 11 is 6.35. The molecule has 1 N–H and O–H groups in total. The molecule has 0 unspecified atom stereocenters. The fraction of sp³-hybridized carbons (Fsp3) is 0.579. The molecule has 160 valence electrons. The van der Waals surface area contributed by atoms with Crippen molar-refractivity contribution >= 4 is 33.4 Å². The van der Waals surface area contributed by atoms with Crippen molar-refractivity contribution in [2.75, 3.05) is 32.4 Å². The quantitative estimate of drug-likeness (QED) is 0.743. The summed E-state index contributed by atoms with van der Waals surface area (Å²) in [6.07, 6.45) is 2.76. The van der Waals surface area contributed by atoms with E-state index in [9.17, 15) is 18.0 Å². The molecule has 3 rings (SSSR count). The number of amides is 2. The first-order valence-electron chi connectivity index (χ1n) is 9.70. The number of carbonyl (C=O) groups excluding carboxylic acids is 2. The number of rotatable bonds is 5. The minimum atomic E-state index is -3.19. The van der Waals surface area contributed by atoms with Gasteiger partial charge in [-0.25, -0.2) is 12.7 Å². The van der Waals surface area contributed by atoms with Crippen molar-refractivity contribution in [3.05, 3.63) is 28.8 Å². The maximum Gasteiger partial charge on any atom is 0.254 e. The van der Waals surface area contributed by atoms with E-state index in [0.717, 1.165) is 0 Å². The highest BCUT2D eigenvalue weighted by molar-refractivity contribution is 7.88. The van der Waals surface area contributed by atoms with Gasteiger partial charge in [-0.15, -0.1) is 0 Å². The number of nitrogens with one attached hydrogen (secondary N) is 1. The number of ether oxygens (including phenoxy) is 1. The van der Waals surface area contributed by atoms with E-state index in [4.69, 9.17) is 16.3 Å². The second-order valence-electron chi connectivity index (χ2n) is 7.34. The Morgan fingerprint density at radius 2 is 1.97 bits per heavy atom. The van der Waals surface area contributed by atoms with Gasteiger partial charge in [0.05, 0.1) is 11.3 Å². The van der Waals surface area contributed by atoms with E-state index in [1.807, 2.05) is 6.92 Å². The first kappa shape index (κ1) is 21.9. The highest BCUT2D eigenvalue weighted by Gasteiger charge is 2.32. The van der Waals surface area contributed by atoms with Gasteiger partial charge in [0, 0.05) is 31.7 Å². The first-order chi connectivity index (χ1) is 13.7. The molecule has 1 atom stereocenters. The smallest absolute Gasteiger partial charge is 0.254 e. The van der Waals surface area contributed by atoms with E-state index in [1.165, 1.54) is 10.6 Å². The number of nitrogens with zero attached hydrogens (tertiary/aromatic N) is 2. The second kappa shape index (κ2) is 8.89. The summed E-state index contributed by atoms with van der Waals surface area (Å²) in [5.74, 6) is 0.0876. The highest BCUT2D eigenvalue weighted by atomic mass is 35.5. The summed E-state index contributed by atoms with van der Waals surface area (Å²) < 4.78 is 30.6. The van der Waals surface area contributed by atoms with Crippen molar-refractivity contribution in [2.45, 2.75) is 38.3 Å². The molecule has 0 spiro atoms. The molecular formula is C19H26ClN3O5S. The van der Waals surface area contributed by atoms with Gasteiger partial charge in [0.2, 0.25) is 15.9 Å². The van der Waals surface area contributed by atoms with Crippen LogP contribution in [0.4, 0.5) is 0 Å². The maximum absolute atomic E-state index is 12.9. The Balaban J connectivity index is 1.66. The van der Waals surface area contributed by atoms with Crippen molar-refractivity contribution in [1.82, 2.24) is 14.5 Å². The van der Waals surface area contributed by atoms with E-state index in [0.29, 0.717) is 61.8 Å². The third-order valence-corrected chi connectivity index (χ3v) is 6.92. The Hall–Kier alpha value is -1.84. The Morgan fingerprint density at radius 1 is 1.28 bits per heavy atom. The second-order valence-corrected chi connectivity index (χ2v) is 9.73.